The molecule has 2 rings (SSSR count). The number of benzene rings is 2. The van der Waals surface area contributed by atoms with Crippen LogP contribution in [0.25, 0.3) is 0 Å². The fraction of sp³-hybridized carbons (Fsp3) is 0.417. The first-order chi connectivity index (χ1) is 15.4. The number of amides is 2. The molecule has 0 saturated carbocycles. The lowest BCUT2D eigenvalue weighted by Crippen LogP contribution is -2.53. The van der Waals surface area contributed by atoms with Crippen molar-refractivity contribution in [2.24, 2.45) is 0 Å². The van der Waals surface area contributed by atoms with E-state index in [1.54, 1.807) is 48.5 Å². The standard InChI is InChI=1S/C24H32ClN3O4S/c1-6-22(24(30)26-17(2)3)27(15-19-9-11-20(25)12-10-19)23(29)16-28(33(5,31)32)21-13-7-18(4)8-14-21/h7-14,17,22H,6,15-16H2,1-5H3,(H,26,30)/t22-/m1/s1. The Kier molecular flexibility index (Phi) is 9.31. The quantitative estimate of drug-likeness (QED) is 0.546. The molecule has 0 aromatic heterocycles. The van der Waals surface area contributed by atoms with Gasteiger partial charge >= 0.3 is 0 Å². The van der Waals surface area contributed by atoms with E-state index in [9.17, 15) is 18.0 Å². The molecule has 1 atom stereocenters. The third kappa shape index (κ3) is 7.75. The van der Waals surface area contributed by atoms with Crippen LogP contribution in [-0.2, 0) is 26.2 Å². The van der Waals surface area contributed by atoms with Gasteiger partial charge in [-0.2, -0.15) is 0 Å². The molecule has 0 spiro atoms. The first kappa shape index (κ1) is 26.7. The Morgan fingerprint density at radius 1 is 1.03 bits per heavy atom. The molecule has 0 aliphatic carbocycles. The van der Waals surface area contributed by atoms with E-state index in [1.807, 2.05) is 27.7 Å². The van der Waals surface area contributed by atoms with Crippen molar-refractivity contribution in [3.8, 4) is 0 Å². The van der Waals surface area contributed by atoms with Crippen molar-refractivity contribution in [2.45, 2.75) is 52.7 Å². The normalized spacial score (nSPS) is 12.3. The Labute approximate surface area is 201 Å². The Morgan fingerprint density at radius 3 is 2.09 bits per heavy atom. The second-order valence-corrected chi connectivity index (χ2v) is 10.7. The highest BCUT2D eigenvalue weighted by molar-refractivity contribution is 7.92. The van der Waals surface area contributed by atoms with Gasteiger partial charge in [0.05, 0.1) is 11.9 Å². The summed E-state index contributed by atoms with van der Waals surface area (Å²) in [6.07, 6.45) is 1.44. The summed E-state index contributed by atoms with van der Waals surface area (Å²) in [4.78, 5) is 27.9. The number of nitrogens with zero attached hydrogens (tertiary/aromatic N) is 2. The zero-order valence-electron chi connectivity index (χ0n) is 19.7. The molecule has 33 heavy (non-hydrogen) atoms. The van der Waals surface area contributed by atoms with Gasteiger partial charge in [0.15, 0.2) is 0 Å². The van der Waals surface area contributed by atoms with Crippen molar-refractivity contribution in [2.75, 3.05) is 17.1 Å². The number of nitrogens with one attached hydrogen (secondary N) is 1. The second-order valence-electron chi connectivity index (χ2n) is 8.34. The third-order valence-corrected chi connectivity index (χ3v) is 6.48. The predicted molar refractivity (Wildman–Crippen MR) is 133 cm³/mol. The average molecular weight is 494 g/mol. The average Bonchev–Trinajstić information content (AvgIpc) is 2.72. The molecule has 0 fully saturated rings. The predicted octanol–water partition coefficient (Wildman–Crippen LogP) is 3.75. The van der Waals surface area contributed by atoms with Crippen LogP contribution in [-0.4, -0.2) is 50.0 Å². The van der Waals surface area contributed by atoms with Gasteiger partial charge in [0.25, 0.3) is 0 Å². The van der Waals surface area contributed by atoms with E-state index in [0.717, 1.165) is 21.7 Å². The van der Waals surface area contributed by atoms with Crippen LogP contribution in [0.15, 0.2) is 48.5 Å². The summed E-state index contributed by atoms with van der Waals surface area (Å²) in [5.74, 6) is -0.752. The summed E-state index contributed by atoms with van der Waals surface area (Å²) in [5, 5.41) is 3.42. The van der Waals surface area contributed by atoms with Crippen LogP contribution in [0.4, 0.5) is 5.69 Å². The van der Waals surface area contributed by atoms with Crippen LogP contribution >= 0.6 is 11.6 Å². The first-order valence-electron chi connectivity index (χ1n) is 10.8. The summed E-state index contributed by atoms with van der Waals surface area (Å²) in [5.41, 5.74) is 2.15. The monoisotopic (exact) mass is 493 g/mol. The van der Waals surface area contributed by atoms with Crippen LogP contribution in [0.5, 0.6) is 0 Å². The number of halogens is 1. The lowest BCUT2D eigenvalue weighted by atomic mass is 10.1. The smallest absolute Gasteiger partial charge is 0.244 e. The zero-order valence-corrected chi connectivity index (χ0v) is 21.3. The summed E-state index contributed by atoms with van der Waals surface area (Å²) < 4.78 is 26.2. The van der Waals surface area contributed by atoms with Crippen molar-refractivity contribution in [1.82, 2.24) is 10.2 Å². The fourth-order valence-corrected chi connectivity index (χ4v) is 4.39. The number of aryl methyl sites for hydroxylation is 1. The minimum absolute atomic E-state index is 0.0980. The molecular weight excluding hydrogens is 462 g/mol. The Balaban J connectivity index is 2.42. The molecule has 2 amide bonds. The number of rotatable bonds is 10. The number of hydrogen-bond acceptors (Lipinski definition) is 4. The van der Waals surface area contributed by atoms with Crippen LogP contribution in [0, 0.1) is 6.92 Å². The Bertz CT molecular complexity index is 1050. The van der Waals surface area contributed by atoms with Crippen LogP contribution in [0.1, 0.15) is 38.3 Å². The SMILES string of the molecule is CC[C@H](C(=O)NC(C)C)N(Cc1ccc(Cl)cc1)C(=O)CN(c1ccc(C)cc1)S(C)(=O)=O. The van der Waals surface area contributed by atoms with E-state index in [2.05, 4.69) is 5.32 Å². The van der Waals surface area contributed by atoms with E-state index >= 15 is 0 Å². The molecule has 9 heteroatoms. The zero-order chi connectivity index (χ0) is 24.8. The van der Waals surface area contributed by atoms with Gasteiger partial charge in [-0.15, -0.1) is 0 Å². The maximum Gasteiger partial charge on any atom is 0.244 e. The second kappa shape index (κ2) is 11.5. The summed E-state index contributed by atoms with van der Waals surface area (Å²) in [7, 11) is -3.74. The van der Waals surface area contributed by atoms with Crippen molar-refractivity contribution in [1.29, 1.82) is 0 Å². The van der Waals surface area contributed by atoms with E-state index in [-0.39, 0.29) is 18.5 Å². The lowest BCUT2D eigenvalue weighted by Gasteiger charge is -2.33. The number of hydrogen-bond donors (Lipinski definition) is 1. The maximum atomic E-state index is 13.5. The van der Waals surface area contributed by atoms with Gasteiger partial charge in [0.1, 0.15) is 12.6 Å². The summed E-state index contributed by atoms with van der Waals surface area (Å²) in [6, 6.07) is 13.0. The molecule has 0 heterocycles. The Morgan fingerprint density at radius 2 is 1.61 bits per heavy atom. The Hall–Kier alpha value is -2.58. The highest BCUT2D eigenvalue weighted by Gasteiger charge is 2.31. The highest BCUT2D eigenvalue weighted by Crippen LogP contribution is 2.21. The minimum atomic E-state index is -3.74. The van der Waals surface area contributed by atoms with Gasteiger partial charge in [0, 0.05) is 17.6 Å². The van der Waals surface area contributed by atoms with Gasteiger partial charge in [0.2, 0.25) is 21.8 Å². The first-order valence-corrected chi connectivity index (χ1v) is 13.0. The van der Waals surface area contributed by atoms with Crippen LogP contribution in [0.2, 0.25) is 5.02 Å². The van der Waals surface area contributed by atoms with E-state index in [1.165, 1.54) is 4.90 Å². The molecule has 0 aliphatic rings. The van der Waals surface area contributed by atoms with Gasteiger partial charge < -0.3 is 10.2 Å². The molecule has 0 unspecified atom stereocenters. The summed E-state index contributed by atoms with van der Waals surface area (Å²) in [6.45, 7) is 7.14. The van der Waals surface area contributed by atoms with Gasteiger partial charge in [-0.3, -0.25) is 13.9 Å². The molecule has 2 aromatic carbocycles. The van der Waals surface area contributed by atoms with Crippen molar-refractivity contribution >= 4 is 39.1 Å². The lowest BCUT2D eigenvalue weighted by molar-refractivity contribution is -0.140. The van der Waals surface area contributed by atoms with E-state index in [4.69, 9.17) is 11.6 Å². The molecule has 0 aliphatic heterocycles. The topological polar surface area (TPSA) is 86.8 Å². The molecule has 2 aromatic rings. The molecule has 0 saturated heterocycles. The van der Waals surface area contributed by atoms with E-state index in [0.29, 0.717) is 17.1 Å². The van der Waals surface area contributed by atoms with Crippen LogP contribution in [0.3, 0.4) is 0 Å². The molecular formula is C24H32ClN3O4S. The van der Waals surface area contributed by atoms with Crippen molar-refractivity contribution in [3.63, 3.8) is 0 Å². The minimum Gasteiger partial charge on any atom is -0.352 e. The number of anilines is 1. The molecule has 1 N–H and O–H groups in total. The van der Waals surface area contributed by atoms with E-state index < -0.39 is 28.5 Å². The van der Waals surface area contributed by atoms with Crippen molar-refractivity contribution in [3.05, 3.63) is 64.7 Å². The number of sulfonamides is 1. The highest BCUT2D eigenvalue weighted by atomic mass is 35.5. The van der Waals surface area contributed by atoms with Crippen molar-refractivity contribution < 1.29 is 18.0 Å². The number of carbonyl (C=O) groups excluding carboxylic acids is 2. The third-order valence-electron chi connectivity index (χ3n) is 5.08. The van der Waals surface area contributed by atoms with Crippen LogP contribution < -0.4 is 9.62 Å². The van der Waals surface area contributed by atoms with Gasteiger partial charge in [-0.05, 0) is 57.0 Å². The number of carbonyl (C=O) groups is 2. The molecule has 0 bridgehead atoms. The maximum absolute atomic E-state index is 13.5. The molecule has 7 nitrogen and oxygen atoms in total. The van der Waals surface area contributed by atoms with Gasteiger partial charge in [-0.25, -0.2) is 8.42 Å². The van der Waals surface area contributed by atoms with Gasteiger partial charge in [-0.1, -0.05) is 48.4 Å². The fourth-order valence-electron chi connectivity index (χ4n) is 3.41. The summed E-state index contributed by atoms with van der Waals surface area (Å²) >= 11 is 5.99. The molecule has 180 valence electrons. The largest absolute Gasteiger partial charge is 0.352 e. The molecule has 0 radical (unpaired) electrons.